The Kier molecular flexibility index (Phi) is 6.72. The second kappa shape index (κ2) is 7.81. The van der Waals surface area contributed by atoms with Crippen LogP contribution in [-0.2, 0) is 4.74 Å². The van der Waals surface area contributed by atoms with Crippen LogP contribution in [0.4, 0.5) is 0 Å². The Bertz CT molecular complexity index is 348. The van der Waals surface area contributed by atoms with Gasteiger partial charge in [-0.05, 0) is 40.9 Å². The van der Waals surface area contributed by atoms with Crippen LogP contribution in [0.1, 0.15) is 21.7 Å². The molecule has 0 saturated heterocycles. The van der Waals surface area contributed by atoms with Crippen LogP contribution in [0.25, 0.3) is 0 Å². The monoisotopic (exact) mass is 321 g/mol. The van der Waals surface area contributed by atoms with E-state index in [4.69, 9.17) is 9.84 Å². The fraction of sp³-hybridized carbons (Fsp3) is 0.545. The molecule has 96 valence electrons. The third-order valence-corrected chi connectivity index (χ3v) is 4.20. The Hall–Kier alpha value is -0.430. The molecule has 0 aliphatic heterocycles. The topological polar surface area (TPSA) is 58.6 Å². The first kappa shape index (κ1) is 14.6. The lowest BCUT2D eigenvalue weighted by atomic mass is 10.3. The van der Waals surface area contributed by atoms with E-state index in [2.05, 4.69) is 21.2 Å². The van der Waals surface area contributed by atoms with Crippen LogP contribution in [0.3, 0.4) is 0 Å². The molecule has 1 aromatic heterocycles. The lowest BCUT2D eigenvalue weighted by molar-refractivity contribution is 0.0869. The van der Waals surface area contributed by atoms with E-state index in [1.807, 2.05) is 13.0 Å². The molecule has 2 N–H and O–H groups in total. The van der Waals surface area contributed by atoms with Crippen molar-refractivity contribution in [1.29, 1.82) is 0 Å². The van der Waals surface area contributed by atoms with E-state index in [1.54, 1.807) is 0 Å². The molecule has 0 radical (unpaired) electrons. The SMILES string of the molecule is Cc1cc(C(=O)NCCCOCCO)sc1Br. The summed E-state index contributed by atoms with van der Waals surface area (Å²) >= 11 is 4.82. The minimum atomic E-state index is -0.0500. The highest BCUT2D eigenvalue weighted by molar-refractivity contribution is 9.11. The minimum absolute atomic E-state index is 0.0366. The fourth-order valence-corrected chi connectivity index (χ4v) is 2.65. The third kappa shape index (κ3) is 5.16. The average Bonchev–Trinajstić information content (AvgIpc) is 2.64. The molecule has 1 amide bonds. The number of carbonyl (C=O) groups is 1. The van der Waals surface area contributed by atoms with Crippen LogP contribution >= 0.6 is 27.3 Å². The van der Waals surface area contributed by atoms with Gasteiger partial charge in [0.05, 0.1) is 21.9 Å². The van der Waals surface area contributed by atoms with Gasteiger partial charge in [-0.3, -0.25) is 4.79 Å². The van der Waals surface area contributed by atoms with Crippen LogP contribution in [0, 0.1) is 6.92 Å². The molecule has 0 saturated carbocycles. The van der Waals surface area contributed by atoms with Gasteiger partial charge >= 0.3 is 0 Å². The zero-order chi connectivity index (χ0) is 12.7. The predicted octanol–water partition coefficient (Wildman–Crippen LogP) is 1.95. The van der Waals surface area contributed by atoms with E-state index in [9.17, 15) is 4.79 Å². The second-order valence-electron chi connectivity index (χ2n) is 3.51. The Morgan fingerprint density at radius 3 is 2.94 bits per heavy atom. The van der Waals surface area contributed by atoms with E-state index in [0.717, 1.165) is 15.8 Å². The van der Waals surface area contributed by atoms with Crippen molar-refractivity contribution in [3.8, 4) is 0 Å². The standard InChI is InChI=1S/C11H16BrNO3S/c1-8-7-9(17-10(8)12)11(15)13-3-2-5-16-6-4-14/h7,14H,2-6H2,1H3,(H,13,15). The molecule has 0 unspecified atom stereocenters. The molecule has 0 bridgehead atoms. The van der Waals surface area contributed by atoms with Gasteiger partial charge in [-0.25, -0.2) is 0 Å². The number of thiophene rings is 1. The van der Waals surface area contributed by atoms with Gasteiger partial charge in [0, 0.05) is 13.2 Å². The van der Waals surface area contributed by atoms with Crippen LogP contribution < -0.4 is 5.32 Å². The smallest absolute Gasteiger partial charge is 0.261 e. The van der Waals surface area contributed by atoms with Crippen molar-refractivity contribution in [3.63, 3.8) is 0 Å². The summed E-state index contributed by atoms with van der Waals surface area (Å²) in [7, 11) is 0. The van der Waals surface area contributed by atoms with Gasteiger partial charge in [0.2, 0.25) is 0 Å². The molecular weight excluding hydrogens is 306 g/mol. The molecule has 4 nitrogen and oxygen atoms in total. The molecule has 0 atom stereocenters. The summed E-state index contributed by atoms with van der Waals surface area (Å²) < 4.78 is 6.08. The summed E-state index contributed by atoms with van der Waals surface area (Å²) in [4.78, 5) is 12.4. The maximum atomic E-state index is 11.7. The van der Waals surface area contributed by atoms with Crippen molar-refractivity contribution in [1.82, 2.24) is 5.32 Å². The van der Waals surface area contributed by atoms with Crippen molar-refractivity contribution < 1.29 is 14.6 Å². The molecule has 17 heavy (non-hydrogen) atoms. The molecule has 0 aromatic carbocycles. The zero-order valence-corrected chi connectivity index (χ0v) is 12.1. The lowest BCUT2D eigenvalue weighted by Crippen LogP contribution is -2.24. The van der Waals surface area contributed by atoms with Gasteiger partial charge in [0.15, 0.2) is 0 Å². The summed E-state index contributed by atoms with van der Waals surface area (Å²) in [6.07, 6.45) is 0.747. The number of rotatable bonds is 7. The average molecular weight is 322 g/mol. The molecule has 1 rings (SSSR count). The van der Waals surface area contributed by atoms with Gasteiger partial charge < -0.3 is 15.2 Å². The number of halogens is 1. The van der Waals surface area contributed by atoms with Gasteiger partial charge in [-0.2, -0.15) is 0 Å². The van der Waals surface area contributed by atoms with E-state index in [-0.39, 0.29) is 12.5 Å². The number of carbonyl (C=O) groups excluding carboxylic acids is 1. The molecular formula is C11H16BrNO3S. The summed E-state index contributed by atoms with van der Waals surface area (Å²) in [5, 5.41) is 11.3. The van der Waals surface area contributed by atoms with Gasteiger partial charge in [0.1, 0.15) is 0 Å². The Morgan fingerprint density at radius 1 is 1.59 bits per heavy atom. The molecule has 6 heteroatoms. The minimum Gasteiger partial charge on any atom is -0.394 e. The number of amides is 1. The van der Waals surface area contributed by atoms with Crippen LogP contribution in [-0.4, -0.2) is 37.4 Å². The molecule has 1 heterocycles. The number of nitrogens with one attached hydrogen (secondary N) is 1. The van der Waals surface area contributed by atoms with Gasteiger partial charge in [0.25, 0.3) is 5.91 Å². The van der Waals surface area contributed by atoms with E-state index in [0.29, 0.717) is 24.6 Å². The first-order valence-electron chi connectivity index (χ1n) is 5.38. The summed E-state index contributed by atoms with van der Waals surface area (Å²) in [5.41, 5.74) is 1.08. The van der Waals surface area contributed by atoms with Crippen molar-refractivity contribution in [2.45, 2.75) is 13.3 Å². The highest BCUT2D eigenvalue weighted by atomic mass is 79.9. The normalized spacial score (nSPS) is 10.5. The number of aliphatic hydroxyl groups excluding tert-OH is 1. The highest BCUT2D eigenvalue weighted by Crippen LogP contribution is 2.27. The van der Waals surface area contributed by atoms with E-state index >= 15 is 0 Å². The predicted molar refractivity (Wildman–Crippen MR) is 71.6 cm³/mol. The van der Waals surface area contributed by atoms with Crippen LogP contribution in [0.2, 0.25) is 0 Å². The fourth-order valence-electron chi connectivity index (χ4n) is 1.20. The Morgan fingerprint density at radius 2 is 2.35 bits per heavy atom. The summed E-state index contributed by atoms with van der Waals surface area (Å²) in [6.45, 7) is 3.48. The number of ether oxygens (including phenoxy) is 1. The maximum Gasteiger partial charge on any atom is 0.261 e. The van der Waals surface area contributed by atoms with Crippen molar-refractivity contribution >= 4 is 33.2 Å². The van der Waals surface area contributed by atoms with Crippen molar-refractivity contribution in [2.75, 3.05) is 26.4 Å². The van der Waals surface area contributed by atoms with E-state index in [1.165, 1.54) is 11.3 Å². The Labute approximate surface area is 113 Å². The number of hydrogen-bond acceptors (Lipinski definition) is 4. The summed E-state index contributed by atoms with van der Waals surface area (Å²) in [6, 6.07) is 1.87. The third-order valence-electron chi connectivity index (χ3n) is 2.07. The number of aliphatic hydroxyl groups is 1. The van der Waals surface area contributed by atoms with Gasteiger partial charge in [-0.15, -0.1) is 11.3 Å². The largest absolute Gasteiger partial charge is 0.394 e. The van der Waals surface area contributed by atoms with Crippen molar-refractivity contribution in [3.05, 3.63) is 20.3 Å². The zero-order valence-electron chi connectivity index (χ0n) is 9.66. The number of hydrogen-bond donors (Lipinski definition) is 2. The van der Waals surface area contributed by atoms with Crippen molar-refractivity contribution in [2.24, 2.45) is 0 Å². The number of aryl methyl sites for hydroxylation is 1. The molecule has 0 aliphatic carbocycles. The molecule has 0 fully saturated rings. The van der Waals surface area contributed by atoms with E-state index < -0.39 is 0 Å². The van der Waals surface area contributed by atoms with Gasteiger partial charge in [-0.1, -0.05) is 0 Å². The first-order chi connectivity index (χ1) is 8.15. The molecule has 0 aliphatic rings. The lowest BCUT2D eigenvalue weighted by Gasteiger charge is -2.04. The quantitative estimate of drug-likeness (QED) is 0.755. The molecule has 1 aromatic rings. The van der Waals surface area contributed by atoms with Crippen LogP contribution in [0.15, 0.2) is 9.85 Å². The highest BCUT2D eigenvalue weighted by Gasteiger charge is 2.10. The molecule has 0 spiro atoms. The first-order valence-corrected chi connectivity index (χ1v) is 6.99. The second-order valence-corrected chi connectivity index (χ2v) is 5.88. The summed E-state index contributed by atoms with van der Waals surface area (Å²) in [5.74, 6) is -0.0500. The Balaban J connectivity index is 2.21. The maximum absolute atomic E-state index is 11.7. The van der Waals surface area contributed by atoms with Crippen LogP contribution in [0.5, 0.6) is 0 Å².